The number of carbonyl (C=O) groups excluding carboxylic acids is 2. The average molecular weight is 756 g/mol. The molecule has 5 aromatic carbocycles. The maximum atomic E-state index is 12.9. The molecule has 8 aromatic rings. The largest absolute Gasteiger partial charge is 0.461 e. The number of thioether (sulfide) groups is 1. The van der Waals surface area contributed by atoms with Gasteiger partial charge in [0.15, 0.2) is 4.34 Å². The fraction of sp³-hybridized carbons (Fsp3) is 0.186. The zero-order valence-electron chi connectivity index (χ0n) is 29.2. The Bertz CT molecular complexity index is 2610. The highest BCUT2D eigenvalue weighted by atomic mass is 32.2. The second-order valence-electron chi connectivity index (χ2n) is 13.1. The maximum absolute atomic E-state index is 12.9. The lowest BCUT2D eigenvalue weighted by molar-refractivity contribution is -0.137. The van der Waals surface area contributed by atoms with E-state index in [0.717, 1.165) is 38.1 Å². The number of benzene rings is 5. The summed E-state index contributed by atoms with van der Waals surface area (Å²) in [4.78, 5) is 29.3. The van der Waals surface area contributed by atoms with Crippen LogP contribution in [0.4, 0.5) is 4.79 Å². The molecule has 1 unspecified atom stereocenters. The SMILES string of the molecule is C=CC(=O)OCCNC(=O)OCC(CC)(CSc1nc2ccccc2s1)Cn1c2ccccc2c2cc(-c3cccc4c3sc3ccccc34)ccc21. The summed E-state index contributed by atoms with van der Waals surface area (Å²) in [5, 5.41) is 7.66. The van der Waals surface area contributed by atoms with Gasteiger partial charge in [-0.3, -0.25) is 0 Å². The number of alkyl carbamates (subject to hydrolysis) is 1. The van der Waals surface area contributed by atoms with Crippen molar-refractivity contribution in [3.05, 3.63) is 122 Å². The number of hydrogen-bond acceptors (Lipinski definition) is 8. The molecule has 0 spiro atoms. The molecule has 0 saturated carbocycles. The number of fused-ring (bicyclic) bond motifs is 7. The Morgan fingerprint density at radius 1 is 0.849 bits per heavy atom. The summed E-state index contributed by atoms with van der Waals surface area (Å²) < 4.78 is 18.1. The van der Waals surface area contributed by atoms with Gasteiger partial charge in [0.1, 0.15) is 13.2 Å². The molecule has 0 aliphatic carbocycles. The van der Waals surface area contributed by atoms with E-state index >= 15 is 0 Å². The molecule has 0 saturated heterocycles. The van der Waals surface area contributed by atoms with Crippen molar-refractivity contribution in [2.24, 2.45) is 5.41 Å². The lowest BCUT2D eigenvalue weighted by atomic mass is 9.88. The smallest absolute Gasteiger partial charge is 0.407 e. The second kappa shape index (κ2) is 15.1. The minimum atomic E-state index is -0.551. The van der Waals surface area contributed by atoms with E-state index in [2.05, 4.69) is 114 Å². The second-order valence-corrected chi connectivity index (χ2v) is 16.4. The van der Waals surface area contributed by atoms with E-state index in [1.165, 1.54) is 42.1 Å². The average Bonchev–Trinajstić information content (AvgIpc) is 3.89. The molecular formula is C43H37N3O4S3. The van der Waals surface area contributed by atoms with Crippen molar-refractivity contribution < 1.29 is 19.1 Å². The molecule has 3 aromatic heterocycles. The van der Waals surface area contributed by atoms with Gasteiger partial charge in [0.2, 0.25) is 0 Å². The van der Waals surface area contributed by atoms with Gasteiger partial charge in [0.25, 0.3) is 0 Å². The number of ether oxygens (including phenoxy) is 2. The van der Waals surface area contributed by atoms with E-state index in [1.54, 1.807) is 23.1 Å². The predicted octanol–water partition coefficient (Wildman–Crippen LogP) is 11.1. The first-order valence-electron chi connectivity index (χ1n) is 17.5. The standard InChI is InChI=1S/C43H37N3O4S3/c1-3-39(47)49-23-22-44-41(48)50-26-43(4-2,27-51-42-45-34-16-7-10-19-38(34)53-42)25-46-35-17-8-5-12-30(35)33-24-28(20-21-36(33)46)29-14-11-15-32-31-13-6-9-18-37(31)52-40(29)32/h3,5-21,24H,1,4,22-23,25-27H2,2H3,(H,44,48). The molecule has 1 amide bonds. The van der Waals surface area contributed by atoms with Crippen LogP contribution < -0.4 is 5.32 Å². The quantitative estimate of drug-likeness (QED) is 0.0546. The van der Waals surface area contributed by atoms with Crippen molar-refractivity contribution in [2.75, 3.05) is 25.5 Å². The minimum Gasteiger partial charge on any atom is -0.461 e. The summed E-state index contributed by atoms with van der Waals surface area (Å²) in [5.41, 5.74) is 5.23. The molecule has 0 aliphatic heterocycles. The van der Waals surface area contributed by atoms with Gasteiger partial charge < -0.3 is 19.4 Å². The fourth-order valence-electron chi connectivity index (χ4n) is 6.91. The Kier molecular flexibility index (Phi) is 9.92. The van der Waals surface area contributed by atoms with Gasteiger partial charge >= 0.3 is 12.1 Å². The summed E-state index contributed by atoms with van der Waals surface area (Å²) in [7, 11) is 0. The maximum Gasteiger partial charge on any atom is 0.407 e. The van der Waals surface area contributed by atoms with Gasteiger partial charge in [-0.25, -0.2) is 14.6 Å². The fourth-order valence-corrected chi connectivity index (χ4v) is 10.5. The number of nitrogens with zero attached hydrogens (tertiary/aromatic N) is 2. The van der Waals surface area contributed by atoms with Crippen molar-refractivity contribution in [1.29, 1.82) is 0 Å². The normalized spacial score (nSPS) is 12.8. The molecule has 0 radical (unpaired) electrons. The first-order valence-corrected chi connectivity index (χ1v) is 20.2. The van der Waals surface area contributed by atoms with Crippen molar-refractivity contribution in [3.63, 3.8) is 0 Å². The van der Waals surface area contributed by atoms with E-state index in [0.29, 0.717) is 12.3 Å². The zero-order chi connectivity index (χ0) is 36.4. The molecule has 3 heterocycles. The van der Waals surface area contributed by atoms with Crippen LogP contribution in [0.5, 0.6) is 0 Å². The van der Waals surface area contributed by atoms with E-state index in [4.69, 9.17) is 14.5 Å². The number of nitrogens with one attached hydrogen (secondary N) is 1. The van der Waals surface area contributed by atoms with E-state index in [9.17, 15) is 9.59 Å². The monoisotopic (exact) mass is 755 g/mol. The topological polar surface area (TPSA) is 82.4 Å². The molecule has 1 atom stereocenters. The van der Waals surface area contributed by atoms with Crippen molar-refractivity contribution in [2.45, 2.75) is 24.2 Å². The highest BCUT2D eigenvalue weighted by Gasteiger charge is 2.33. The summed E-state index contributed by atoms with van der Waals surface area (Å²) in [6.07, 6.45) is 1.30. The van der Waals surface area contributed by atoms with Crippen LogP contribution in [-0.2, 0) is 20.8 Å². The van der Waals surface area contributed by atoms with Gasteiger partial charge in [-0.05, 0) is 53.9 Å². The number of aromatic nitrogens is 2. The zero-order valence-corrected chi connectivity index (χ0v) is 31.6. The summed E-state index contributed by atoms with van der Waals surface area (Å²) in [6, 6.07) is 38.8. The van der Waals surface area contributed by atoms with Crippen LogP contribution in [0, 0.1) is 5.41 Å². The van der Waals surface area contributed by atoms with Gasteiger partial charge in [0.05, 0.1) is 16.8 Å². The third-order valence-corrected chi connectivity index (χ3v) is 13.5. The van der Waals surface area contributed by atoms with Crippen molar-refractivity contribution in [1.82, 2.24) is 14.9 Å². The Morgan fingerprint density at radius 3 is 2.43 bits per heavy atom. The van der Waals surface area contributed by atoms with E-state index < -0.39 is 17.5 Å². The van der Waals surface area contributed by atoms with Gasteiger partial charge in [-0.15, -0.1) is 22.7 Å². The summed E-state index contributed by atoms with van der Waals surface area (Å²) >= 11 is 5.24. The number of para-hydroxylation sites is 2. The Balaban J connectivity index is 1.14. The number of carbonyl (C=O) groups is 2. The molecule has 0 fully saturated rings. The van der Waals surface area contributed by atoms with Crippen LogP contribution in [0.15, 0.2) is 126 Å². The molecule has 1 N–H and O–H groups in total. The molecule has 8 rings (SSSR count). The lowest BCUT2D eigenvalue weighted by Crippen LogP contribution is -2.38. The molecule has 266 valence electrons. The van der Waals surface area contributed by atoms with E-state index in [-0.39, 0.29) is 19.8 Å². The number of thiazole rings is 1. The number of amides is 1. The minimum absolute atomic E-state index is 0.0348. The van der Waals surface area contributed by atoms with Crippen LogP contribution in [0.2, 0.25) is 0 Å². The molecule has 53 heavy (non-hydrogen) atoms. The Hall–Kier alpha value is -5.16. The van der Waals surface area contributed by atoms with Gasteiger partial charge in [-0.2, -0.15) is 0 Å². The molecule has 10 heteroatoms. The number of rotatable bonds is 13. The van der Waals surface area contributed by atoms with Gasteiger partial charge in [0, 0.05) is 65.8 Å². The highest BCUT2D eigenvalue weighted by molar-refractivity contribution is 8.01. The van der Waals surface area contributed by atoms with Crippen molar-refractivity contribution >= 4 is 98.7 Å². The van der Waals surface area contributed by atoms with E-state index in [1.807, 2.05) is 29.5 Å². The number of thiophene rings is 1. The first kappa shape index (κ1) is 34.9. The summed E-state index contributed by atoms with van der Waals surface area (Å²) in [6.45, 7) is 6.56. The third-order valence-electron chi connectivity index (χ3n) is 9.80. The van der Waals surface area contributed by atoms with Crippen LogP contribution in [0.1, 0.15) is 13.3 Å². The predicted molar refractivity (Wildman–Crippen MR) is 221 cm³/mol. The van der Waals surface area contributed by atoms with Crippen LogP contribution in [0.3, 0.4) is 0 Å². The molecule has 0 bridgehead atoms. The first-order chi connectivity index (χ1) is 25.9. The van der Waals surface area contributed by atoms with Crippen LogP contribution in [-0.4, -0.2) is 47.1 Å². The Morgan fingerprint density at radius 2 is 1.60 bits per heavy atom. The number of hydrogen-bond donors (Lipinski definition) is 1. The highest BCUT2D eigenvalue weighted by Crippen LogP contribution is 2.43. The van der Waals surface area contributed by atoms with Gasteiger partial charge in [-0.1, -0.05) is 98.1 Å². The van der Waals surface area contributed by atoms with Crippen LogP contribution >= 0.6 is 34.4 Å². The lowest BCUT2D eigenvalue weighted by Gasteiger charge is -2.33. The third kappa shape index (κ3) is 7.02. The molecule has 7 nitrogen and oxygen atoms in total. The summed E-state index contributed by atoms with van der Waals surface area (Å²) in [5.74, 6) is 0.153. The Labute approximate surface area is 319 Å². The van der Waals surface area contributed by atoms with Crippen molar-refractivity contribution in [3.8, 4) is 11.1 Å². The van der Waals surface area contributed by atoms with Crippen LogP contribution in [0.25, 0.3) is 63.3 Å². The molecular weight excluding hydrogens is 719 g/mol. The number of esters is 1. The molecule has 0 aliphatic rings.